The predicted octanol–water partition coefficient (Wildman–Crippen LogP) is 2.44. The van der Waals surface area contributed by atoms with Gasteiger partial charge in [0.05, 0.1) is 11.5 Å². The smallest absolute Gasteiger partial charge is 0.225 e. The lowest BCUT2D eigenvalue weighted by molar-refractivity contribution is -0.126. The molecule has 2 N–H and O–H groups in total. The molecule has 1 saturated heterocycles. The van der Waals surface area contributed by atoms with Gasteiger partial charge in [-0.25, -0.2) is 0 Å². The van der Waals surface area contributed by atoms with Crippen LogP contribution in [0.1, 0.15) is 31.2 Å². The first-order chi connectivity index (χ1) is 9.20. The highest BCUT2D eigenvalue weighted by Crippen LogP contribution is 2.45. The molecule has 3 nitrogen and oxygen atoms in total. The van der Waals surface area contributed by atoms with Gasteiger partial charge in [-0.05, 0) is 49.9 Å². The molecule has 1 saturated carbocycles. The first-order valence-corrected chi connectivity index (χ1v) is 7.36. The maximum Gasteiger partial charge on any atom is 0.225 e. The van der Waals surface area contributed by atoms with Crippen LogP contribution in [0.5, 0.6) is 0 Å². The third-order valence-electron chi connectivity index (χ3n) is 4.18. The van der Waals surface area contributed by atoms with Gasteiger partial charge in [-0.3, -0.25) is 4.79 Å². The number of piperidine rings is 1. The SMILES string of the molecule is O=C(NC1(c2ccc(Cl)cc2)CC1)C1CCCNC1. The Morgan fingerprint density at radius 2 is 2.05 bits per heavy atom. The second-order valence-corrected chi connectivity index (χ2v) is 6.06. The minimum Gasteiger partial charge on any atom is -0.346 e. The number of halogens is 1. The van der Waals surface area contributed by atoms with E-state index in [1.807, 2.05) is 24.3 Å². The van der Waals surface area contributed by atoms with Crippen LogP contribution in [0.4, 0.5) is 0 Å². The van der Waals surface area contributed by atoms with E-state index in [1.54, 1.807) is 0 Å². The Kier molecular flexibility index (Phi) is 3.50. The van der Waals surface area contributed by atoms with Crippen molar-refractivity contribution in [3.05, 3.63) is 34.9 Å². The summed E-state index contributed by atoms with van der Waals surface area (Å²) in [5, 5.41) is 7.28. The summed E-state index contributed by atoms with van der Waals surface area (Å²) in [7, 11) is 0. The van der Waals surface area contributed by atoms with Crippen molar-refractivity contribution in [1.29, 1.82) is 0 Å². The van der Waals surface area contributed by atoms with E-state index in [0.717, 1.165) is 43.8 Å². The molecular formula is C15H19ClN2O. The molecule has 3 rings (SSSR count). The Hall–Kier alpha value is -1.06. The highest BCUT2D eigenvalue weighted by atomic mass is 35.5. The molecule has 0 radical (unpaired) electrons. The molecule has 0 aromatic heterocycles. The number of hydrogen-bond donors (Lipinski definition) is 2. The van der Waals surface area contributed by atoms with Gasteiger partial charge in [-0.2, -0.15) is 0 Å². The summed E-state index contributed by atoms with van der Waals surface area (Å²) in [6.45, 7) is 1.84. The molecule has 1 aliphatic heterocycles. The lowest BCUT2D eigenvalue weighted by Crippen LogP contribution is -2.44. The number of hydrogen-bond acceptors (Lipinski definition) is 2. The molecule has 0 bridgehead atoms. The fraction of sp³-hybridized carbons (Fsp3) is 0.533. The van der Waals surface area contributed by atoms with Gasteiger partial charge in [0.2, 0.25) is 5.91 Å². The lowest BCUT2D eigenvalue weighted by atomic mass is 9.97. The van der Waals surface area contributed by atoms with Gasteiger partial charge < -0.3 is 10.6 Å². The van der Waals surface area contributed by atoms with Gasteiger partial charge in [0, 0.05) is 11.6 Å². The fourth-order valence-corrected chi connectivity index (χ4v) is 2.92. The first-order valence-electron chi connectivity index (χ1n) is 6.98. The van der Waals surface area contributed by atoms with Gasteiger partial charge in [-0.1, -0.05) is 23.7 Å². The second-order valence-electron chi connectivity index (χ2n) is 5.62. The second kappa shape index (κ2) is 5.14. The van der Waals surface area contributed by atoms with Crippen molar-refractivity contribution < 1.29 is 4.79 Å². The molecule has 1 aromatic carbocycles. The number of carbonyl (C=O) groups is 1. The summed E-state index contributed by atoms with van der Waals surface area (Å²) < 4.78 is 0. The molecule has 1 atom stereocenters. The molecule has 0 spiro atoms. The van der Waals surface area contributed by atoms with Crippen LogP contribution in [-0.4, -0.2) is 19.0 Å². The summed E-state index contributed by atoms with van der Waals surface area (Å²) in [6, 6.07) is 7.83. The van der Waals surface area contributed by atoms with Gasteiger partial charge in [-0.15, -0.1) is 0 Å². The van der Waals surface area contributed by atoms with E-state index in [4.69, 9.17) is 11.6 Å². The summed E-state index contributed by atoms with van der Waals surface area (Å²) in [4.78, 5) is 12.3. The van der Waals surface area contributed by atoms with Crippen molar-refractivity contribution in [3.63, 3.8) is 0 Å². The maximum absolute atomic E-state index is 12.3. The van der Waals surface area contributed by atoms with Crippen molar-refractivity contribution in [3.8, 4) is 0 Å². The van der Waals surface area contributed by atoms with E-state index in [9.17, 15) is 4.79 Å². The summed E-state index contributed by atoms with van der Waals surface area (Å²) in [6.07, 6.45) is 4.14. The van der Waals surface area contributed by atoms with Crippen LogP contribution in [-0.2, 0) is 10.3 Å². The molecular weight excluding hydrogens is 260 g/mol. The molecule has 1 aromatic rings. The Balaban J connectivity index is 1.68. The van der Waals surface area contributed by atoms with Crippen molar-refractivity contribution in [2.45, 2.75) is 31.2 Å². The van der Waals surface area contributed by atoms with Crippen LogP contribution in [0.15, 0.2) is 24.3 Å². The molecule has 1 unspecified atom stereocenters. The Morgan fingerprint density at radius 3 is 2.63 bits per heavy atom. The Morgan fingerprint density at radius 1 is 1.32 bits per heavy atom. The third kappa shape index (κ3) is 2.77. The lowest BCUT2D eigenvalue weighted by Gasteiger charge is -2.25. The third-order valence-corrected chi connectivity index (χ3v) is 4.43. The minimum atomic E-state index is -0.126. The van der Waals surface area contributed by atoms with Gasteiger partial charge in [0.15, 0.2) is 0 Å². The highest BCUT2D eigenvalue weighted by Gasteiger charge is 2.46. The average molecular weight is 279 g/mol. The summed E-state index contributed by atoms with van der Waals surface area (Å²) in [5.41, 5.74) is 1.05. The van der Waals surface area contributed by atoms with Gasteiger partial charge >= 0.3 is 0 Å². The van der Waals surface area contributed by atoms with E-state index in [-0.39, 0.29) is 17.4 Å². The van der Waals surface area contributed by atoms with Crippen molar-refractivity contribution in [1.82, 2.24) is 10.6 Å². The van der Waals surface area contributed by atoms with Crippen molar-refractivity contribution in [2.24, 2.45) is 5.92 Å². The van der Waals surface area contributed by atoms with Crippen LogP contribution < -0.4 is 10.6 Å². The first kappa shape index (κ1) is 12.9. The minimum absolute atomic E-state index is 0.124. The van der Waals surface area contributed by atoms with E-state index < -0.39 is 0 Å². The van der Waals surface area contributed by atoms with Gasteiger partial charge in [0.25, 0.3) is 0 Å². The molecule has 19 heavy (non-hydrogen) atoms. The molecule has 2 aliphatic rings. The molecule has 2 fully saturated rings. The topological polar surface area (TPSA) is 41.1 Å². The van der Waals surface area contributed by atoms with Crippen LogP contribution in [0.3, 0.4) is 0 Å². The number of amides is 1. The Labute approximate surface area is 118 Å². The normalized spacial score (nSPS) is 24.8. The zero-order valence-electron chi connectivity index (χ0n) is 10.9. The molecule has 102 valence electrons. The van der Waals surface area contributed by atoms with Crippen LogP contribution >= 0.6 is 11.6 Å². The highest BCUT2D eigenvalue weighted by molar-refractivity contribution is 6.30. The summed E-state index contributed by atoms with van der Waals surface area (Å²) >= 11 is 5.91. The number of nitrogens with one attached hydrogen (secondary N) is 2. The van der Waals surface area contributed by atoms with Gasteiger partial charge in [0.1, 0.15) is 0 Å². The summed E-state index contributed by atoms with van der Waals surface area (Å²) in [5.74, 6) is 0.318. The number of benzene rings is 1. The van der Waals surface area contributed by atoms with E-state index in [2.05, 4.69) is 10.6 Å². The zero-order valence-corrected chi connectivity index (χ0v) is 11.7. The standard InChI is InChI=1S/C15H19ClN2O/c16-13-5-3-12(4-6-13)15(7-8-15)18-14(19)11-2-1-9-17-10-11/h3-6,11,17H,1-2,7-10H2,(H,18,19). The van der Waals surface area contributed by atoms with Crippen LogP contribution in [0, 0.1) is 5.92 Å². The number of carbonyl (C=O) groups excluding carboxylic acids is 1. The van der Waals surface area contributed by atoms with Crippen LogP contribution in [0.2, 0.25) is 5.02 Å². The van der Waals surface area contributed by atoms with Crippen LogP contribution in [0.25, 0.3) is 0 Å². The van der Waals surface area contributed by atoms with Crippen molar-refractivity contribution >= 4 is 17.5 Å². The average Bonchev–Trinajstić information content (AvgIpc) is 3.21. The van der Waals surface area contributed by atoms with E-state index in [0.29, 0.717) is 0 Å². The Bertz CT molecular complexity index is 462. The molecule has 4 heteroatoms. The number of rotatable bonds is 3. The molecule has 1 heterocycles. The fourth-order valence-electron chi connectivity index (χ4n) is 2.79. The zero-order chi connectivity index (χ0) is 13.3. The van der Waals surface area contributed by atoms with Crippen molar-refractivity contribution in [2.75, 3.05) is 13.1 Å². The molecule has 1 aliphatic carbocycles. The van der Waals surface area contributed by atoms with E-state index >= 15 is 0 Å². The largest absolute Gasteiger partial charge is 0.346 e. The van der Waals surface area contributed by atoms with E-state index in [1.165, 1.54) is 5.56 Å². The predicted molar refractivity (Wildman–Crippen MR) is 76.1 cm³/mol. The molecule has 1 amide bonds. The monoisotopic (exact) mass is 278 g/mol. The maximum atomic E-state index is 12.3. The quantitative estimate of drug-likeness (QED) is 0.892.